The molecule has 2 fully saturated rings. The maximum atomic E-state index is 12.0. The Bertz CT molecular complexity index is 774. The van der Waals surface area contributed by atoms with E-state index in [1.54, 1.807) is 0 Å². The summed E-state index contributed by atoms with van der Waals surface area (Å²) in [6, 6.07) is 0. The van der Waals surface area contributed by atoms with Gasteiger partial charge < -0.3 is 55.1 Å². The van der Waals surface area contributed by atoms with E-state index >= 15 is 0 Å². The van der Waals surface area contributed by atoms with Crippen LogP contribution in [0.25, 0.3) is 0 Å². The molecule has 44 heavy (non-hydrogen) atoms. The van der Waals surface area contributed by atoms with E-state index in [1.165, 1.54) is 19.3 Å². The Morgan fingerprint density at radius 3 is 1.93 bits per heavy atom. The minimum atomic E-state index is -2.30. The van der Waals surface area contributed by atoms with Gasteiger partial charge in [-0.05, 0) is 19.3 Å². The molecule has 2 aliphatic rings. The van der Waals surface area contributed by atoms with Crippen molar-refractivity contribution in [3.63, 3.8) is 0 Å². The molecule has 0 aromatic heterocycles. The van der Waals surface area contributed by atoms with Gasteiger partial charge in [0.15, 0.2) is 6.29 Å². The van der Waals surface area contributed by atoms with Gasteiger partial charge in [0.1, 0.15) is 55.9 Å². The van der Waals surface area contributed by atoms with E-state index in [4.69, 9.17) is 24.0 Å². The molecule has 0 spiro atoms. The molecule has 2 saturated heterocycles. The smallest absolute Gasteiger partial charge is 0.342 e. The first-order chi connectivity index (χ1) is 21.1. The van der Waals surface area contributed by atoms with Crippen LogP contribution in [0.2, 0.25) is 0 Å². The van der Waals surface area contributed by atoms with Crippen molar-refractivity contribution in [1.82, 2.24) is 0 Å². The lowest BCUT2D eigenvalue weighted by Gasteiger charge is -2.43. The first kappa shape index (κ1) is 39.2. The van der Waals surface area contributed by atoms with Crippen LogP contribution >= 0.6 is 0 Å². The molecular weight excluding hydrogens is 584 g/mol. The van der Waals surface area contributed by atoms with Gasteiger partial charge in [-0.1, -0.05) is 77.6 Å². The van der Waals surface area contributed by atoms with Crippen LogP contribution in [0.15, 0.2) is 0 Å². The molecule has 1 unspecified atom stereocenters. The fraction of sp³-hybridized carbons (Fsp3) is 0.967. The molecule has 2 heterocycles. The van der Waals surface area contributed by atoms with Crippen molar-refractivity contribution in [3.8, 4) is 0 Å². The summed E-state index contributed by atoms with van der Waals surface area (Å²) < 4.78 is 16.1. The van der Waals surface area contributed by atoms with Crippen LogP contribution in [0, 0.1) is 0 Å². The highest BCUT2D eigenvalue weighted by molar-refractivity contribution is 5.68. The number of hydrogen-bond donors (Lipinski definition) is 8. The van der Waals surface area contributed by atoms with Crippen molar-refractivity contribution in [1.29, 1.82) is 0 Å². The van der Waals surface area contributed by atoms with Crippen LogP contribution in [0.1, 0.15) is 103 Å². The summed E-state index contributed by atoms with van der Waals surface area (Å²) in [5, 5.41) is 80.4. The molecule has 8 N–H and O–H groups in total. The minimum absolute atomic E-state index is 0.125. The molecule has 0 bridgehead atoms. The maximum Gasteiger partial charge on any atom is 0.342 e. The molecule has 260 valence electrons. The van der Waals surface area contributed by atoms with E-state index in [0.29, 0.717) is 6.42 Å². The van der Waals surface area contributed by atoms with Gasteiger partial charge in [0.2, 0.25) is 5.79 Å². The molecule has 0 aromatic rings. The van der Waals surface area contributed by atoms with E-state index < -0.39 is 80.6 Å². The Hall–Kier alpha value is -1.01. The second kappa shape index (κ2) is 21.0. The van der Waals surface area contributed by atoms with Crippen LogP contribution < -0.4 is 0 Å². The van der Waals surface area contributed by atoms with Gasteiger partial charge in [-0.3, -0.25) is 4.89 Å². The van der Waals surface area contributed by atoms with Crippen LogP contribution in [0.4, 0.5) is 0 Å². The number of rotatable bonds is 23. The zero-order valence-corrected chi connectivity index (χ0v) is 26.0. The summed E-state index contributed by atoms with van der Waals surface area (Å²) in [4.78, 5) is 21.7. The van der Waals surface area contributed by atoms with Crippen molar-refractivity contribution in [2.75, 3.05) is 19.8 Å². The van der Waals surface area contributed by atoms with Crippen LogP contribution in [0.3, 0.4) is 0 Å². The van der Waals surface area contributed by atoms with Gasteiger partial charge in [-0.15, -0.1) is 0 Å². The summed E-state index contributed by atoms with van der Waals surface area (Å²) in [5.41, 5.74) is 0. The Morgan fingerprint density at radius 1 is 0.773 bits per heavy atom. The van der Waals surface area contributed by atoms with Crippen molar-refractivity contribution >= 4 is 5.97 Å². The third kappa shape index (κ3) is 12.3. The molecule has 14 heteroatoms. The molecule has 14 nitrogen and oxygen atoms in total. The highest BCUT2D eigenvalue weighted by atomic mass is 17.2. The normalized spacial score (nSPS) is 33.0. The Balaban J connectivity index is 1.59. The van der Waals surface area contributed by atoms with Gasteiger partial charge in [0, 0.05) is 6.42 Å². The quantitative estimate of drug-likeness (QED) is 0.0428. The van der Waals surface area contributed by atoms with Gasteiger partial charge in [-0.2, -0.15) is 4.89 Å². The summed E-state index contributed by atoms with van der Waals surface area (Å²) in [7, 11) is 0. The molecule has 0 saturated carbocycles. The zero-order chi connectivity index (χ0) is 32.5. The zero-order valence-electron chi connectivity index (χ0n) is 26.0. The SMILES string of the molecule is CCCCCCC(O)CCCCCCCCCCC(=O)OOC[C@H]1O[C@H](O[C@]2(CO)O[C@H](CO)[C@@H](O)[C@@H]2O)[C@H](O)[C@@H](O)[C@@H]1O. The standard InChI is InChI=1S/C30H56O14/c1-2-3-4-11-14-20(33)15-12-9-7-5-6-8-10-13-16-23(34)44-40-18-22-24(35)26(37)27(38)29(41-22)43-30(19-32)28(39)25(36)21(17-31)42-30/h20-22,24-29,31-33,35-39H,2-19H2,1H3/t20?,21-,22-,24-,25-,26+,27-,28+,29-,30+/m1/s1. The largest absolute Gasteiger partial charge is 0.394 e. The van der Waals surface area contributed by atoms with E-state index in [9.17, 15) is 45.6 Å². The van der Waals surface area contributed by atoms with E-state index in [2.05, 4.69) is 6.92 Å². The monoisotopic (exact) mass is 640 g/mol. The number of unbranched alkanes of at least 4 members (excludes halogenated alkanes) is 10. The van der Waals surface area contributed by atoms with Crippen LogP contribution in [-0.2, 0) is 28.8 Å². The number of hydrogen-bond acceptors (Lipinski definition) is 14. The van der Waals surface area contributed by atoms with E-state index in [-0.39, 0.29) is 12.5 Å². The van der Waals surface area contributed by atoms with Crippen molar-refractivity contribution in [2.24, 2.45) is 0 Å². The highest BCUT2D eigenvalue weighted by Gasteiger charge is 2.58. The molecule has 2 aliphatic heterocycles. The summed E-state index contributed by atoms with van der Waals surface area (Å²) in [6.45, 7) is -0.0634. The molecule has 0 aromatic carbocycles. The molecule has 0 radical (unpaired) electrons. The summed E-state index contributed by atoms with van der Waals surface area (Å²) in [6.07, 6.45) is 1.18. The number of carbonyl (C=O) groups excluding carboxylic acids is 1. The number of aliphatic hydroxyl groups is 8. The maximum absolute atomic E-state index is 12.0. The lowest BCUT2D eigenvalue weighted by atomic mass is 9.99. The average molecular weight is 641 g/mol. The first-order valence-corrected chi connectivity index (χ1v) is 16.2. The Morgan fingerprint density at radius 2 is 1.36 bits per heavy atom. The van der Waals surface area contributed by atoms with Gasteiger partial charge >= 0.3 is 5.97 Å². The minimum Gasteiger partial charge on any atom is -0.394 e. The molecule has 0 aliphatic carbocycles. The predicted octanol–water partition coefficient (Wildman–Crippen LogP) is 0.319. The van der Waals surface area contributed by atoms with E-state index in [0.717, 1.165) is 64.2 Å². The lowest BCUT2D eigenvalue weighted by molar-refractivity contribution is -0.391. The first-order valence-electron chi connectivity index (χ1n) is 16.2. The van der Waals surface area contributed by atoms with Gasteiger partial charge in [0.05, 0.1) is 12.7 Å². The fourth-order valence-corrected chi connectivity index (χ4v) is 5.49. The van der Waals surface area contributed by atoms with Gasteiger partial charge in [0.25, 0.3) is 0 Å². The molecular formula is C30H56O14. The third-order valence-corrected chi connectivity index (χ3v) is 8.33. The van der Waals surface area contributed by atoms with Crippen LogP contribution in [0.5, 0.6) is 0 Å². The second-order valence-corrected chi connectivity index (χ2v) is 12.0. The number of aliphatic hydroxyl groups excluding tert-OH is 8. The Labute approximate surface area is 259 Å². The highest BCUT2D eigenvalue weighted by Crippen LogP contribution is 2.36. The number of ether oxygens (including phenoxy) is 3. The van der Waals surface area contributed by atoms with Crippen LogP contribution in [-0.4, -0.2) is 128 Å². The van der Waals surface area contributed by atoms with E-state index in [1.807, 2.05) is 0 Å². The number of carbonyl (C=O) groups is 1. The summed E-state index contributed by atoms with van der Waals surface area (Å²) in [5.74, 6) is -2.92. The molecule has 2 rings (SSSR count). The lowest BCUT2D eigenvalue weighted by Crippen LogP contribution is -2.62. The van der Waals surface area contributed by atoms with Crippen molar-refractivity contribution in [3.05, 3.63) is 0 Å². The predicted molar refractivity (Wildman–Crippen MR) is 155 cm³/mol. The van der Waals surface area contributed by atoms with Gasteiger partial charge in [-0.25, -0.2) is 4.79 Å². The second-order valence-electron chi connectivity index (χ2n) is 12.0. The summed E-state index contributed by atoms with van der Waals surface area (Å²) >= 11 is 0. The van der Waals surface area contributed by atoms with Crippen molar-refractivity contribution in [2.45, 2.75) is 164 Å². The third-order valence-electron chi connectivity index (χ3n) is 8.33. The fourth-order valence-electron chi connectivity index (χ4n) is 5.49. The topological polar surface area (TPSA) is 225 Å². The van der Waals surface area contributed by atoms with Crippen molar-refractivity contribution < 1.29 is 69.6 Å². The molecule has 0 amide bonds. The Kier molecular flexibility index (Phi) is 18.7. The average Bonchev–Trinajstić information content (AvgIpc) is 3.26. The molecule has 10 atom stereocenters.